The van der Waals surface area contributed by atoms with Crippen molar-refractivity contribution in [3.8, 4) is 6.07 Å². The molecule has 102 valence electrons. The number of imidazole rings is 1. The second-order valence-electron chi connectivity index (χ2n) is 5.17. The van der Waals surface area contributed by atoms with Gasteiger partial charge in [0.15, 0.2) is 11.6 Å². The van der Waals surface area contributed by atoms with E-state index in [1.807, 2.05) is 24.3 Å². The third kappa shape index (κ3) is 2.38. The summed E-state index contributed by atoms with van der Waals surface area (Å²) in [6.45, 7) is 2.62. The fourth-order valence-electron chi connectivity index (χ4n) is 2.70. The fourth-order valence-corrected chi connectivity index (χ4v) is 2.70. The first-order chi connectivity index (χ1) is 9.78. The average Bonchev–Trinajstić information content (AvgIpc) is 3.08. The Morgan fingerprint density at radius 2 is 2.10 bits per heavy atom. The van der Waals surface area contributed by atoms with Gasteiger partial charge in [-0.2, -0.15) is 5.26 Å². The van der Waals surface area contributed by atoms with Crippen LogP contribution in [0.4, 0.5) is 0 Å². The van der Waals surface area contributed by atoms with Crippen LogP contribution in [0.25, 0.3) is 16.6 Å². The molecule has 0 saturated carbocycles. The van der Waals surface area contributed by atoms with Crippen LogP contribution in [0.5, 0.6) is 0 Å². The predicted octanol–water partition coefficient (Wildman–Crippen LogP) is 1.03. The summed E-state index contributed by atoms with van der Waals surface area (Å²) in [5.41, 5.74) is 1.92. The summed E-state index contributed by atoms with van der Waals surface area (Å²) in [6, 6.07) is 9.67. The Morgan fingerprint density at radius 3 is 2.80 bits per heavy atom. The lowest BCUT2D eigenvalue weighted by atomic mass is 10.2. The molecule has 0 bridgehead atoms. The van der Waals surface area contributed by atoms with Gasteiger partial charge < -0.3 is 15.0 Å². The second-order valence-corrected chi connectivity index (χ2v) is 5.17. The zero-order valence-corrected chi connectivity index (χ0v) is 11.2. The van der Waals surface area contributed by atoms with Crippen molar-refractivity contribution >= 4 is 16.6 Å². The average molecular weight is 269 g/mol. The summed E-state index contributed by atoms with van der Waals surface area (Å²) in [6.07, 6.45) is 2.38. The predicted molar refractivity (Wildman–Crippen MR) is 76.1 cm³/mol. The van der Waals surface area contributed by atoms with E-state index in [2.05, 4.69) is 16.0 Å². The summed E-state index contributed by atoms with van der Waals surface area (Å²) in [5, 5.41) is 19.5. The zero-order chi connectivity index (χ0) is 13.9. The molecule has 2 aromatic rings. The molecule has 1 aromatic carbocycles. The summed E-state index contributed by atoms with van der Waals surface area (Å²) < 4.78 is 0. The van der Waals surface area contributed by atoms with Crippen molar-refractivity contribution in [3.63, 3.8) is 0 Å². The number of hydrogen-bond acceptors (Lipinski definition) is 3. The number of aliphatic hydroxyl groups is 1. The highest BCUT2D eigenvalue weighted by Gasteiger charge is 2.20. The Labute approximate surface area is 117 Å². The van der Waals surface area contributed by atoms with E-state index in [9.17, 15) is 10.4 Å². The number of nitrogens with zero attached hydrogens (tertiary/aromatic N) is 2. The van der Waals surface area contributed by atoms with E-state index in [0.29, 0.717) is 12.4 Å². The highest BCUT2D eigenvalue weighted by atomic mass is 16.3. The van der Waals surface area contributed by atoms with Gasteiger partial charge in [0.2, 0.25) is 0 Å². The molecular formula is C15H17N4O+. The number of rotatable bonds is 3. The van der Waals surface area contributed by atoms with E-state index in [-0.39, 0.29) is 11.3 Å². The Morgan fingerprint density at radius 1 is 1.35 bits per heavy atom. The molecule has 0 radical (unpaired) electrons. The number of benzene rings is 1. The Balaban J connectivity index is 1.93. The van der Waals surface area contributed by atoms with Gasteiger partial charge in [-0.05, 0) is 12.1 Å². The van der Waals surface area contributed by atoms with E-state index in [1.54, 1.807) is 0 Å². The minimum atomic E-state index is 0.128. The van der Waals surface area contributed by atoms with Gasteiger partial charge in [-0.1, -0.05) is 12.1 Å². The number of allylic oxidation sites excluding steroid dienone is 1. The lowest BCUT2D eigenvalue weighted by molar-refractivity contribution is -0.883. The number of aromatic nitrogens is 2. The van der Waals surface area contributed by atoms with Gasteiger partial charge in [-0.15, -0.1) is 0 Å². The minimum absolute atomic E-state index is 0.128. The van der Waals surface area contributed by atoms with Crippen LogP contribution in [0, 0.1) is 11.3 Å². The topological polar surface area (TPSA) is 77.1 Å². The second kappa shape index (κ2) is 5.35. The highest BCUT2D eigenvalue weighted by molar-refractivity contribution is 5.82. The van der Waals surface area contributed by atoms with Crippen LogP contribution in [-0.2, 0) is 0 Å². The van der Waals surface area contributed by atoms with Crippen molar-refractivity contribution < 1.29 is 10.0 Å². The maximum absolute atomic E-state index is 10.2. The number of hydrogen-bond donors (Lipinski definition) is 3. The molecule has 2 heterocycles. The van der Waals surface area contributed by atoms with Gasteiger partial charge >= 0.3 is 0 Å². The maximum atomic E-state index is 10.2. The van der Waals surface area contributed by atoms with E-state index >= 15 is 0 Å². The Hall–Kier alpha value is -2.32. The Bertz CT molecular complexity index is 656. The first-order valence-corrected chi connectivity index (χ1v) is 6.89. The first kappa shape index (κ1) is 12.7. The quantitative estimate of drug-likeness (QED) is 0.575. The number of nitriles is 1. The van der Waals surface area contributed by atoms with Crippen LogP contribution in [-0.4, -0.2) is 34.7 Å². The molecule has 3 rings (SSSR count). The number of aromatic amines is 1. The summed E-state index contributed by atoms with van der Waals surface area (Å²) >= 11 is 0. The van der Waals surface area contributed by atoms with Crippen molar-refractivity contribution in [2.24, 2.45) is 0 Å². The normalized spacial score (nSPS) is 17.1. The van der Waals surface area contributed by atoms with Gasteiger partial charge in [-0.25, -0.2) is 4.98 Å². The first-order valence-electron chi connectivity index (χ1n) is 6.89. The van der Waals surface area contributed by atoms with Gasteiger partial charge in [0.25, 0.3) is 0 Å². The number of H-pyrrole nitrogens is 1. The van der Waals surface area contributed by atoms with Crippen LogP contribution >= 0.6 is 0 Å². The lowest BCUT2D eigenvalue weighted by Gasteiger charge is -2.11. The largest absolute Gasteiger partial charge is 0.506 e. The van der Waals surface area contributed by atoms with Crippen molar-refractivity contribution in [3.05, 3.63) is 35.8 Å². The standard InChI is InChI=1S/C15H16N4O/c16-9-11(14(20)10-19-7-3-4-8-19)15-17-12-5-1-2-6-13(12)18-15/h1-2,5-6,20H,3-4,7-8,10H2,(H,17,18)/p+1/b14-11-. The number of aliphatic hydroxyl groups excluding tert-OH is 1. The van der Waals surface area contributed by atoms with Crippen molar-refractivity contribution in [1.29, 1.82) is 5.26 Å². The monoisotopic (exact) mass is 269 g/mol. The van der Waals surface area contributed by atoms with Gasteiger partial charge in [0.1, 0.15) is 18.2 Å². The van der Waals surface area contributed by atoms with Crippen LogP contribution in [0.1, 0.15) is 18.7 Å². The van der Waals surface area contributed by atoms with Gasteiger partial charge in [0, 0.05) is 12.8 Å². The molecule has 0 spiro atoms. The number of fused-ring (bicyclic) bond motifs is 1. The third-order valence-electron chi connectivity index (χ3n) is 3.75. The number of nitrogens with one attached hydrogen (secondary N) is 2. The molecule has 1 aliphatic heterocycles. The molecule has 1 aromatic heterocycles. The lowest BCUT2D eigenvalue weighted by Crippen LogP contribution is -3.10. The van der Waals surface area contributed by atoms with E-state index in [4.69, 9.17) is 0 Å². The Kier molecular flexibility index (Phi) is 3.40. The molecule has 1 saturated heterocycles. The number of para-hydroxylation sites is 2. The molecular weight excluding hydrogens is 252 g/mol. The van der Waals surface area contributed by atoms with Crippen LogP contribution in [0.3, 0.4) is 0 Å². The highest BCUT2D eigenvalue weighted by Crippen LogP contribution is 2.18. The third-order valence-corrected chi connectivity index (χ3v) is 3.75. The zero-order valence-electron chi connectivity index (χ0n) is 11.2. The van der Waals surface area contributed by atoms with Gasteiger partial charge in [0.05, 0.1) is 24.1 Å². The van der Waals surface area contributed by atoms with Crippen molar-refractivity contribution in [2.45, 2.75) is 12.8 Å². The van der Waals surface area contributed by atoms with Crippen molar-refractivity contribution in [1.82, 2.24) is 9.97 Å². The molecule has 1 aliphatic rings. The van der Waals surface area contributed by atoms with Gasteiger partial charge in [-0.3, -0.25) is 0 Å². The van der Waals surface area contributed by atoms with Crippen LogP contribution < -0.4 is 4.90 Å². The molecule has 1 fully saturated rings. The van der Waals surface area contributed by atoms with E-state index in [0.717, 1.165) is 24.1 Å². The molecule has 20 heavy (non-hydrogen) atoms. The molecule has 0 aliphatic carbocycles. The maximum Gasteiger partial charge on any atom is 0.169 e. The molecule has 3 N–H and O–H groups in total. The van der Waals surface area contributed by atoms with Crippen LogP contribution in [0.2, 0.25) is 0 Å². The SMILES string of the molecule is N#C/C(=C(/O)C[NH+]1CCCC1)c1nc2ccccc2[nH]1. The smallest absolute Gasteiger partial charge is 0.169 e. The molecule has 5 heteroatoms. The molecule has 0 unspecified atom stereocenters. The number of quaternary nitrogens is 1. The molecule has 0 amide bonds. The minimum Gasteiger partial charge on any atom is -0.506 e. The summed E-state index contributed by atoms with van der Waals surface area (Å²) in [7, 11) is 0. The molecule has 5 nitrogen and oxygen atoms in total. The summed E-state index contributed by atoms with van der Waals surface area (Å²) in [5.74, 6) is 0.577. The van der Waals surface area contributed by atoms with Crippen molar-refractivity contribution in [2.75, 3.05) is 19.6 Å². The van der Waals surface area contributed by atoms with E-state index < -0.39 is 0 Å². The fraction of sp³-hybridized carbons (Fsp3) is 0.333. The van der Waals surface area contributed by atoms with E-state index in [1.165, 1.54) is 17.7 Å². The summed E-state index contributed by atoms with van der Waals surface area (Å²) in [4.78, 5) is 8.79. The molecule has 0 atom stereocenters. The number of likely N-dealkylation sites (tertiary alicyclic amines) is 1. The van der Waals surface area contributed by atoms with Crippen LogP contribution in [0.15, 0.2) is 30.0 Å².